The van der Waals surface area contributed by atoms with E-state index < -0.39 is 0 Å². The first-order chi connectivity index (χ1) is 7.56. The molecule has 1 atom stereocenters. The minimum absolute atomic E-state index is 0.110. The number of nitrogens with two attached hydrogens (primary N) is 1. The van der Waals surface area contributed by atoms with Crippen molar-refractivity contribution in [2.24, 2.45) is 5.73 Å². The number of ether oxygens (including phenoxy) is 1. The molecule has 2 N–H and O–H groups in total. The summed E-state index contributed by atoms with van der Waals surface area (Å²) in [4.78, 5) is 4.69. The maximum Gasteiger partial charge on any atom is 0.0659 e. The van der Waals surface area contributed by atoms with Crippen molar-refractivity contribution < 1.29 is 4.74 Å². The van der Waals surface area contributed by atoms with Gasteiger partial charge in [-0.1, -0.05) is 6.92 Å². The highest BCUT2D eigenvalue weighted by atomic mass is 16.5. The standard InChI is InChI=1S/C12H27N3O/c1-4-6-15(8-7-14(2)3)10-12(13)5-9-16-11-12/h4-11,13H2,1-3H3. The van der Waals surface area contributed by atoms with Gasteiger partial charge in [0.1, 0.15) is 0 Å². The lowest BCUT2D eigenvalue weighted by molar-refractivity contribution is 0.148. The first-order valence-electron chi connectivity index (χ1n) is 6.29. The van der Waals surface area contributed by atoms with Crippen LogP contribution in [0.3, 0.4) is 0 Å². The van der Waals surface area contributed by atoms with E-state index in [-0.39, 0.29) is 5.54 Å². The molecule has 0 radical (unpaired) electrons. The molecule has 1 unspecified atom stereocenters. The maximum absolute atomic E-state index is 6.32. The zero-order valence-corrected chi connectivity index (χ0v) is 11.0. The zero-order chi connectivity index (χ0) is 12.0. The Kier molecular flexibility index (Phi) is 5.69. The van der Waals surface area contributed by atoms with Crippen molar-refractivity contribution in [2.45, 2.75) is 25.3 Å². The van der Waals surface area contributed by atoms with Crippen LogP contribution < -0.4 is 5.73 Å². The summed E-state index contributed by atoms with van der Waals surface area (Å²) in [6.07, 6.45) is 2.18. The third kappa shape index (κ3) is 4.78. The Hall–Kier alpha value is -0.160. The van der Waals surface area contributed by atoms with Crippen LogP contribution in [0.4, 0.5) is 0 Å². The monoisotopic (exact) mass is 229 g/mol. The molecular formula is C12H27N3O. The van der Waals surface area contributed by atoms with Crippen LogP contribution in [0.25, 0.3) is 0 Å². The van der Waals surface area contributed by atoms with Gasteiger partial charge in [-0.3, -0.25) is 0 Å². The first kappa shape index (κ1) is 13.9. The predicted octanol–water partition coefficient (Wildman–Crippen LogP) is 0.378. The summed E-state index contributed by atoms with van der Waals surface area (Å²) in [6.45, 7) is 8.05. The van der Waals surface area contributed by atoms with Crippen LogP contribution in [0.2, 0.25) is 0 Å². The summed E-state index contributed by atoms with van der Waals surface area (Å²) in [6, 6.07) is 0. The van der Waals surface area contributed by atoms with E-state index in [0.717, 1.165) is 45.8 Å². The molecule has 1 heterocycles. The van der Waals surface area contributed by atoms with E-state index in [1.807, 2.05) is 0 Å². The van der Waals surface area contributed by atoms with Crippen LogP contribution in [0.1, 0.15) is 19.8 Å². The van der Waals surface area contributed by atoms with E-state index >= 15 is 0 Å². The van der Waals surface area contributed by atoms with E-state index in [0.29, 0.717) is 0 Å². The number of hydrogen-bond acceptors (Lipinski definition) is 4. The summed E-state index contributed by atoms with van der Waals surface area (Å²) >= 11 is 0. The second-order valence-corrected chi connectivity index (χ2v) is 5.24. The van der Waals surface area contributed by atoms with E-state index in [1.54, 1.807) is 0 Å². The van der Waals surface area contributed by atoms with Gasteiger partial charge < -0.3 is 20.3 Å². The summed E-state index contributed by atoms with van der Waals surface area (Å²) < 4.78 is 5.40. The molecule has 1 rings (SSSR count). The van der Waals surface area contributed by atoms with Crippen molar-refractivity contribution in [1.29, 1.82) is 0 Å². The molecule has 4 nitrogen and oxygen atoms in total. The lowest BCUT2D eigenvalue weighted by Gasteiger charge is -2.31. The van der Waals surface area contributed by atoms with Gasteiger partial charge in [0.25, 0.3) is 0 Å². The summed E-state index contributed by atoms with van der Waals surface area (Å²) in [5, 5.41) is 0. The number of hydrogen-bond donors (Lipinski definition) is 1. The number of nitrogens with zero attached hydrogens (tertiary/aromatic N) is 2. The SMILES string of the molecule is CCCN(CCN(C)C)CC1(N)CCOC1. The third-order valence-corrected chi connectivity index (χ3v) is 3.08. The minimum atomic E-state index is -0.110. The van der Waals surface area contributed by atoms with E-state index in [2.05, 4.69) is 30.8 Å². The van der Waals surface area contributed by atoms with Crippen molar-refractivity contribution in [3.05, 3.63) is 0 Å². The van der Waals surface area contributed by atoms with Crippen LogP contribution >= 0.6 is 0 Å². The van der Waals surface area contributed by atoms with Crippen molar-refractivity contribution in [3.8, 4) is 0 Å². The van der Waals surface area contributed by atoms with E-state index in [1.165, 1.54) is 6.42 Å². The molecule has 1 aliphatic heterocycles. The second-order valence-electron chi connectivity index (χ2n) is 5.24. The van der Waals surface area contributed by atoms with Crippen molar-refractivity contribution >= 4 is 0 Å². The molecule has 0 aromatic heterocycles. The molecule has 4 heteroatoms. The predicted molar refractivity (Wildman–Crippen MR) is 67.6 cm³/mol. The van der Waals surface area contributed by atoms with E-state index in [9.17, 15) is 0 Å². The van der Waals surface area contributed by atoms with Crippen LogP contribution in [0, 0.1) is 0 Å². The number of rotatable bonds is 7. The highest BCUT2D eigenvalue weighted by Gasteiger charge is 2.32. The van der Waals surface area contributed by atoms with Gasteiger partial charge in [0, 0.05) is 26.2 Å². The largest absolute Gasteiger partial charge is 0.379 e. The van der Waals surface area contributed by atoms with Gasteiger partial charge in [-0.05, 0) is 33.5 Å². The number of likely N-dealkylation sites (N-methyl/N-ethyl adjacent to an activating group) is 1. The fourth-order valence-electron chi connectivity index (χ4n) is 2.12. The molecule has 96 valence electrons. The third-order valence-electron chi connectivity index (χ3n) is 3.08. The van der Waals surface area contributed by atoms with Crippen LogP contribution in [-0.4, -0.2) is 68.8 Å². The molecule has 0 bridgehead atoms. The highest BCUT2D eigenvalue weighted by Crippen LogP contribution is 2.17. The average molecular weight is 229 g/mol. The normalized spacial score (nSPS) is 25.9. The van der Waals surface area contributed by atoms with Gasteiger partial charge in [-0.2, -0.15) is 0 Å². The Morgan fingerprint density at radius 3 is 2.50 bits per heavy atom. The molecular weight excluding hydrogens is 202 g/mol. The lowest BCUT2D eigenvalue weighted by Crippen LogP contribution is -2.52. The smallest absolute Gasteiger partial charge is 0.0659 e. The van der Waals surface area contributed by atoms with E-state index in [4.69, 9.17) is 10.5 Å². The molecule has 0 aromatic rings. The topological polar surface area (TPSA) is 41.7 Å². The first-order valence-corrected chi connectivity index (χ1v) is 6.29. The summed E-state index contributed by atoms with van der Waals surface area (Å²) in [5.41, 5.74) is 6.21. The van der Waals surface area contributed by atoms with Gasteiger partial charge in [0.15, 0.2) is 0 Å². The lowest BCUT2D eigenvalue weighted by atomic mass is 9.99. The minimum Gasteiger partial charge on any atom is -0.379 e. The van der Waals surface area contributed by atoms with Gasteiger partial charge in [-0.15, -0.1) is 0 Å². The Labute approximate surface area is 99.7 Å². The van der Waals surface area contributed by atoms with Crippen LogP contribution in [-0.2, 0) is 4.74 Å². The Morgan fingerprint density at radius 2 is 2.00 bits per heavy atom. The fraction of sp³-hybridized carbons (Fsp3) is 1.00. The Morgan fingerprint density at radius 1 is 1.25 bits per heavy atom. The molecule has 1 saturated heterocycles. The van der Waals surface area contributed by atoms with Crippen molar-refractivity contribution in [3.63, 3.8) is 0 Å². The Balaban J connectivity index is 2.37. The summed E-state index contributed by atoms with van der Waals surface area (Å²) in [5.74, 6) is 0. The molecule has 0 spiro atoms. The second kappa shape index (κ2) is 6.55. The Bertz CT molecular complexity index is 191. The average Bonchev–Trinajstić information content (AvgIpc) is 2.62. The maximum atomic E-state index is 6.32. The molecule has 0 aliphatic carbocycles. The molecule has 1 aliphatic rings. The van der Waals surface area contributed by atoms with Crippen molar-refractivity contribution in [1.82, 2.24) is 9.80 Å². The van der Waals surface area contributed by atoms with Crippen molar-refractivity contribution in [2.75, 3.05) is 53.5 Å². The van der Waals surface area contributed by atoms with Gasteiger partial charge >= 0.3 is 0 Å². The molecule has 1 fully saturated rings. The van der Waals surface area contributed by atoms with Gasteiger partial charge in [0.2, 0.25) is 0 Å². The zero-order valence-electron chi connectivity index (χ0n) is 11.0. The molecule has 16 heavy (non-hydrogen) atoms. The fourth-order valence-corrected chi connectivity index (χ4v) is 2.12. The van der Waals surface area contributed by atoms with Gasteiger partial charge in [0.05, 0.1) is 12.1 Å². The summed E-state index contributed by atoms with van der Waals surface area (Å²) in [7, 11) is 4.22. The quantitative estimate of drug-likeness (QED) is 0.685. The molecule has 0 aromatic carbocycles. The van der Waals surface area contributed by atoms with Crippen LogP contribution in [0.5, 0.6) is 0 Å². The molecule has 0 amide bonds. The highest BCUT2D eigenvalue weighted by molar-refractivity contribution is 4.91. The van der Waals surface area contributed by atoms with Crippen LogP contribution in [0.15, 0.2) is 0 Å². The van der Waals surface area contributed by atoms with Gasteiger partial charge in [-0.25, -0.2) is 0 Å². The molecule has 0 saturated carbocycles.